The summed E-state index contributed by atoms with van der Waals surface area (Å²) in [5.74, 6) is 0.700. The molecule has 0 unspecified atom stereocenters. The fourth-order valence-electron chi connectivity index (χ4n) is 1.70. The molecule has 1 fully saturated rings. The molecular weight excluding hydrogens is 214 g/mol. The molecule has 5 heteroatoms. The van der Waals surface area contributed by atoms with E-state index in [9.17, 15) is 0 Å². The zero-order valence-corrected chi connectivity index (χ0v) is 9.42. The van der Waals surface area contributed by atoms with Crippen molar-refractivity contribution in [1.29, 1.82) is 0 Å². The van der Waals surface area contributed by atoms with Gasteiger partial charge in [-0.25, -0.2) is 4.98 Å². The van der Waals surface area contributed by atoms with E-state index in [1.807, 2.05) is 0 Å². The van der Waals surface area contributed by atoms with Crippen molar-refractivity contribution in [3.8, 4) is 0 Å². The van der Waals surface area contributed by atoms with Gasteiger partial charge in [0.05, 0.1) is 18.0 Å². The minimum Gasteiger partial charge on any atom is -0.376 e. The fraction of sp³-hybridized carbons (Fsp3) is 0.600. The molecule has 0 aliphatic heterocycles. The molecule has 0 amide bonds. The Morgan fingerprint density at radius 1 is 1.53 bits per heavy atom. The van der Waals surface area contributed by atoms with Gasteiger partial charge in [-0.3, -0.25) is 4.98 Å². The first-order valence-electron chi connectivity index (χ1n) is 5.01. The number of hydrogen-bond donors (Lipinski definition) is 1. The standard InChI is InChI=1S/C10H14ClN3O/c1-15-10(3-2-4-10)7-13-9-6-12-5-8(11)14-9/h5-6H,2-4,7H2,1H3,(H,13,14). The van der Waals surface area contributed by atoms with Crippen molar-refractivity contribution in [3.05, 3.63) is 17.5 Å². The van der Waals surface area contributed by atoms with E-state index in [2.05, 4.69) is 15.3 Å². The van der Waals surface area contributed by atoms with Crippen molar-refractivity contribution in [2.45, 2.75) is 24.9 Å². The molecule has 0 atom stereocenters. The molecule has 2 rings (SSSR count). The predicted molar refractivity (Wildman–Crippen MR) is 59.1 cm³/mol. The van der Waals surface area contributed by atoms with Gasteiger partial charge >= 0.3 is 0 Å². The van der Waals surface area contributed by atoms with Gasteiger partial charge in [0.15, 0.2) is 0 Å². The molecule has 1 aliphatic carbocycles. The second kappa shape index (κ2) is 4.33. The maximum Gasteiger partial charge on any atom is 0.149 e. The number of ether oxygens (including phenoxy) is 1. The summed E-state index contributed by atoms with van der Waals surface area (Å²) >= 11 is 5.73. The van der Waals surface area contributed by atoms with E-state index in [1.54, 1.807) is 13.3 Å². The Bertz CT molecular complexity index is 336. The quantitative estimate of drug-likeness (QED) is 0.856. The van der Waals surface area contributed by atoms with Crippen LogP contribution < -0.4 is 5.32 Å². The summed E-state index contributed by atoms with van der Waals surface area (Å²) in [6.07, 6.45) is 6.61. The fourth-order valence-corrected chi connectivity index (χ4v) is 1.85. The lowest BCUT2D eigenvalue weighted by Crippen LogP contribution is -2.45. The summed E-state index contributed by atoms with van der Waals surface area (Å²) in [6.45, 7) is 0.762. The molecule has 1 aromatic rings. The molecule has 1 saturated carbocycles. The van der Waals surface area contributed by atoms with Gasteiger partial charge in [0.1, 0.15) is 11.0 Å². The maximum absolute atomic E-state index is 5.73. The lowest BCUT2D eigenvalue weighted by atomic mass is 9.80. The number of halogens is 1. The van der Waals surface area contributed by atoms with E-state index < -0.39 is 0 Å². The lowest BCUT2D eigenvalue weighted by molar-refractivity contribution is -0.0601. The normalized spacial score (nSPS) is 18.3. The van der Waals surface area contributed by atoms with E-state index in [-0.39, 0.29) is 5.60 Å². The van der Waals surface area contributed by atoms with Gasteiger partial charge in [-0.1, -0.05) is 11.6 Å². The van der Waals surface area contributed by atoms with Crippen LogP contribution in [0.4, 0.5) is 5.82 Å². The van der Waals surface area contributed by atoms with Gasteiger partial charge < -0.3 is 10.1 Å². The highest BCUT2D eigenvalue weighted by atomic mass is 35.5. The van der Waals surface area contributed by atoms with E-state index >= 15 is 0 Å². The largest absolute Gasteiger partial charge is 0.376 e. The summed E-state index contributed by atoms with van der Waals surface area (Å²) in [4.78, 5) is 8.06. The van der Waals surface area contributed by atoms with E-state index in [1.165, 1.54) is 12.6 Å². The predicted octanol–water partition coefficient (Wildman–Crippen LogP) is 2.11. The van der Waals surface area contributed by atoms with Gasteiger partial charge in [-0.15, -0.1) is 0 Å². The molecule has 1 heterocycles. The van der Waals surface area contributed by atoms with E-state index in [4.69, 9.17) is 16.3 Å². The molecule has 1 aliphatic rings. The number of nitrogens with one attached hydrogen (secondary N) is 1. The maximum atomic E-state index is 5.73. The molecule has 0 saturated heterocycles. The Morgan fingerprint density at radius 2 is 2.33 bits per heavy atom. The molecule has 4 nitrogen and oxygen atoms in total. The average molecular weight is 228 g/mol. The molecule has 1 N–H and O–H groups in total. The highest BCUT2D eigenvalue weighted by Gasteiger charge is 2.36. The van der Waals surface area contributed by atoms with Crippen LogP contribution in [-0.4, -0.2) is 29.2 Å². The summed E-state index contributed by atoms with van der Waals surface area (Å²) in [5, 5.41) is 3.60. The van der Waals surface area contributed by atoms with E-state index in [0.717, 1.165) is 19.4 Å². The van der Waals surface area contributed by atoms with Crippen LogP contribution in [0.15, 0.2) is 12.4 Å². The first-order valence-corrected chi connectivity index (χ1v) is 5.38. The number of aromatic nitrogens is 2. The Balaban J connectivity index is 1.92. The first kappa shape index (κ1) is 10.6. The van der Waals surface area contributed by atoms with Crippen LogP contribution in [0.25, 0.3) is 0 Å². The Hall–Kier alpha value is -0.870. The van der Waals surface area contributed by atoms with Crippen molar-refractivity contribution in [2.75, 3.05) is 19.0 Å². The van der Waals surface area contributed by atoms with Crippen LogP contribution in [0.3, 0.4) is 0 Å². The lowest BCUT2D eigenvalue weighted by Gasteiger charge is -2.40. The number of rotatable bonds is 4. The summed E-state index contributed by atoms with van der Waals surface area (Å²) in [5.41, 5.74) is -0.00992. The third-order valence-electron chi connectivity index (χ3n) is 2.89. The molecule has 0 bridgehead atoms. The van der Waals surface area contributed by atoms with Crippen LogP contribution in [0, 0.1) is 0 Å². The average Bonchev–Trinajstić information content (AvgIpc) is 2.17. The van der Waals surface area contributed by atoms with Gasteiger partial charge in [0.2, 0.25) is 0 Å². The second-order valence-corrected chi connectivity index (χ2v) is 4.21. The highest BCUT2D eigenvalue weighted by Crippen LogP contribution is 2.34. The zero-order chi connectivity index (χ0) is 10.7. The number of anilines is 1. The molecule has 82 valence electrons. The topological polar surface area (TPSA) is 47.0 Å². The molecule has 0 radical (unpaired) electrons. The zero-order valence-electron chi connectivity index (χ0n) is 8.66. The SMILES string of the molecule is COC1(CNc2cncc(Cl)n2)CCC1. The summed E-state index contributed by atoms with van der Waals surface area (Å²) in [6, 6.07) is 0. The van der Waals surface area contributed by atoms with Gasteiger partial charge in [0.25, 0.3) is 0 Å². The minimum absolute atomic E-state index is 0.00992. The van der Waals surface area contributed by atoms with Crippen molar-refractivity contribution < 1.29 is 4.74 Å². The Kier molecular flexibility index (Phi) is 3.07. The first-order chi connectivity index (χ1) is 7.24. The Labute approximate surface area is 94.0 Å². The monoisotopic (exact) mass is 227 g/mol. The Morgan fingerprint density at radius 3 is 2.87 bits per heavy atom. The van der Waals surface area contributed by atoms with Crippen LogP contribution in [0.1, 0.15) is 19.3 Å². The molecule has 15 heavy (non-hydrogen) atoms. The molecular formula is C10H14ClN3O. The summed E-state index contributed by atoms with van der Waals surface area (Å²) < 4.78 is 5.48. The second-order valence-electron chi connectivity index (χ2n) is 3.82. The van der Waals surface area contributed by atoms with Crippen LogP contribution in [0.5, 0.6) is 0 Å². The molecule has 0 spiro atoms. The van der Waals surface area contributed by atoms with Crippen LogP contribution >= 0.6 is 11.6 Å². The molecule has 0 aromatic carbocycles. The van der Waals surface area contributed by atoms with Gasteiger partial charge in [0, 0.05) is 13.7 Å². The number of hydrogen-bond acceptors (Lipinski definition) is 4. The molecule has 1 aromatic heterocycles. The van der Waals surface area contributed by atoms with Gasteiger partial charge in [-0.2, -0.15) is 0 Å². The van der Waals surface area contributed by atoms with Crippen molar-refractivity contribution in [1.82, 2.24) is 9.97 Å². The highest BCUT2D eigenvalue weighted by molar-refractivity contribution is 6.29. The smallest absolute Gasteiger partial charge is 0.149 e. The van der Waals surface area contributed by atoms with Crippen LogP contribution in [-0.2, 0) is 4.74 Å². The third kappa shape index (κ3) is 2.38. The van der Waals surface area contributed by atoms with Crippen molar-refractivity contribution in [2.24, 2.45) is 0 Å². The minimum atomic E-state index is -0.00992. The van der Waals surface area contributed by atoms with Crippen molar-refractivity contribution >= 4 is 17.4 Å². The third-order valence-corrected chi connectivity index (χ3v) is 3.08. The number of methoxy groups -OCH3 is 1. The van der Waals surface area contributed by atoms with E-state index in [0.29, 0.717) is 11.0 Å². The number of nitrogens with zero attached hydrogens (tertiary/aromatic N) is 2. The van der Waals surface area contributed by atoms with Gasteiger partial charge in [-0.05, 0) is 19.3 Å². The van der Waals surface area contributed by atoms with Crippen molar-refractivity contribution in [3.63, 3.8) is 0 Å². The summed E-state index contributed by atoms with van der Waals surface area (Å²) in [7, 11) is 1.75. The van der Waals surface area contributed by atoms with Crippen LogP contribution in [0.2, 0.25) is 5.15 Å².